The highest BCUT2D eigenvalue weighted by Gasteiger charge is 2.04. The zero-order valence-electron chi connectivity index (χ0n) is 10.9. The van der Waals surface area contributed by atoms with E-state index in [0.29, 0.717) is 6.54 Å². The Labute approximate surface area is 107 Å². The van der Waals surface area contributed by atoms with Crippen LogP contribution in [0.1, 0.15) is 19.0 Å². The van der Waals surface area contributed by atoms with Crippen molar-refractivity contribution in [2.45, 2.75) is 19.9 Å². The fourth-order valence-electron chi connectivity index (χ4n) is 1.22. The van der Waals surface area contributed by atoms with Gasteiger partial charge in [0.2, 0.25) is 0 Å². The van der Waals surface area contributed by atoms with Gasteiger partial charge in [0, 0.05) is 33.1 Å². The summed E-state index contributed by atoms with van der Waals surface area (Å²) in [7, 11) is 5.77. The first-order chi connectivity index (χ1) is 8.17. The quantitative estimate of drug-likeness (QED) is 0.615. The van der Waals surface area contributed by atoms with Crippen molar-refractivity contribution in [3.05, 3.63) is 11.1 Å². The number of anilines is 1. The molecule has 1 aromatic rings. The summed E-state index contributed by atoms with van der Waals surface area (Å²) >= 11 is 1.65. The normalized spacial score (nSPS) is 11.4. The summed E-state index contributed by atoms with van der Waals surface area (Å²) in [5, 5.41) is 9.55. The van der Waals surface area contributed by atoms with Crippen LogP contribution >= 0.6 is 11.3 Å². The molecule has 0 aliphatic heterocycles. The van der Waals surface area contributed by atoms with Gasteiger partial charge in [-0.2, -0.15) is 0 Å². The molecule has 6 heteroatoms. The van der Waals surface area contributed by atoms with Crippen LogP contribution in [-0.2, 0) is 6.54 Å². The first-order valence-corrected chi connectivity index (χ1v) is 6.61. The summed E-state index contributed by atoms with van der Waals surface area (Å²) in [6.45, 7) is 3.76. The van der Waals surface area contributed by atoms with Crippen molar-refractivity contribution in [3.63, 3.8) is 0 Å². The molecule has 2 N–H and O–H groups in total. The van der Waals surface area contributed by atoms with E-state index in [2.05, 4.69) is 32.9 Å². The van der Waals surface area contributed by atoms with Gasteiger partial charge >= 0.3 is 0 Å². The summed E-state index contributed by atoms with van der Waals surface area (Å²) in [6, 6.07) is 0. The van der Waals surface area contributed by atoms with Crippen molar-refractivity contribution in [2.75, 3.05) is 32.6 Å². The van der Waals surface area contributed by atoms with E-state index in [-0.39, 0.29) is 0 Å². The van der Waals surface area contributed by atoms with Crippen LogP contribution in [0.4, 0.5) is 5.13 Å². The average Bonchev–Trinajstić information content (AvgIpc) is 2.78. The van der Waals surface area contributed by atoms with Gasteiger partial charge in [-0.1, -0.05) is 6.92 Å². The number of aromatic nitrogens is 1. The van der Waals surface area contributed by atoms with E-state index in [0.717, 1.165) is 29.8 Å². The molecule has 0 spiro atoms. The highest BCUT2D eigenvalue weighted by molar-refractivity contribution is 7.13. The zero-order valence-corrected chi connectivity index (χ0v) is 11.8. The van der Waals surface area contributed by atoms with E-state index >= 15 is 0 Å². The Kier molecular flexibility index (Phi) is 5.76. The first kappa shape index (κ1) is 13.8. The topological polar surface area (TPSA) is 52.6 Å². The molecule has 0 unspecified atom stereocenters. The van der Waals surface area contributed by atoms with Gasteiger partial charge in [0.05, 0.1) is 12.2 Å². The van der Waals surface area contributed by atoms with Crippen LogP contribution in [-0.4, -0.2) is 38.6 Å². The zero-order chi connectivity index (χ0) is 12.7. The molecule has 0 amide bonds. The lowest BCUT2D eigenvalue weighted by Gasteiger charge is -2.10. The molecule has 96 valence electrons. The van der Waals surface area contributed by atoms with Crippen LogP contribution in [0.5, 0.6) is 0 Å². The molecule has 1 heterocycles. The lowest BCUT2D eigenvalue weighted by atomic mass is 10.4. The minimum atomic E-state index is 0.702. The molecule has 0 radical (unpaired) electrons. The Bertz CT molecular complexity index is 358. The lowest BCUT2D eigenvalue weighted by Crippen LogP contribution is -2.37. The van der Waals surface area contributed by atoms with Crippen LogP contribution in [0, 0.1) is 0 Å². The Morgan fingerprint density at radius 1 is 1.47 bits per heavy atom. The van der Waals surface area contributed by atoms with Crippen LogP contribution < -0.4 is 15.5 Å². The average molecular weight is 255 g/mol. The second kappa shape index (κ2) is 7.11. The molecule has 0 saturated heterocycles. The molecule has 0 saturated carbocycles. The standard InChI is InChI=1S/C11H21N5S/c1-5-6-13-10(12-2)14-7-9-8-17-11(15-9)16(3)4/h8H,5-7H2,1-4H3,(H2,12,13,14). The van der Waals surface area contributed by atoms with Crippen molar-refractivity contribution >= 4 is 22.4 Å². The number of hydrogen-bond donors (Lipinski definition) is 2. The summed E-state index contributed by atoms with van der Waals surface area (Å²) in [5.41, 5.74) is 1.04. The van der Waals surface area contributed by atoms with E-state index in [1.54, 1.807) is 18.4 Å². The number of rotatable bonds is 5. The van der Waals surface area contributed by atoms with E-state index in [9.17, 15) is 0 Å². The van der Waals surface area contributed by atoms with Crippen LogP contribution in [0.3, 0.4) is 0 Å². The molecule has 1 aromatic heterocycles. The highest BCUT2D eigenvalue weighted by Crippen LogP contribution is 2.17. The van der Waals surface area contributed by atoms with Gasteiger partial charge in [0.15, 0.2) is 11.1 Å². The summed E-state index contributed by atoms with van der Waals surface area (Å²) < 4.78 is 0. The van der Waals surface area contributed by atoms with E-state index in [1.807, 2.05) is 19.0 Å². The number of aliphatic imine (C=N–C) groups is 1. The predicted octanol–water partition coefficient (Wildman–Crippen LogP) is 1.28. The third kappa shape index (κ3) is 4.60. The molecule has 5 nitrogen and oxygen atoms in total. The third-order valence-corrected chi connectivity index (χ3v) is 3.18. The molecule has 17 heavy (non-hydrogen) atoms. The molecular formula is C11H21N5S. The lowest BCUT2D eigenvalue weighted by molar-refractivity contribution is 0.774. The fourth-order valence-corrected chi connectivity index (χ4v) is 1.98. The fraction of sp³-hybridized carbons (Fsp3) is 0.636. The largest absolute Gasteiger partial charge is 0.356 e. The van der Waals surface area contributed by atoms with Crippen LogP contribution in [0.25, 0.3) is 0 Å². The molecule has 0 fully saturated rings. The maximum atomic E-state index is 4.50. The second-order valence-electron chi connectivity index (χ2n) is 3.87. The first-order valence-electron chi connectivity index (χ1n) is 5.73. The highest BCUT2D eigenvalue weighted by atomic mass is 32.1. The van der Waals surface area contributed by atoms with E-state index in [1.165, 1.54) is 0 Å². The molecule has 1 rings (SSSR count). The minimum Gasteiger partial charge on any atom is -0.356 e. The minimum absolute atomic E-state index is 0.702. The van der Waals surface area contributed by atoms with E-state index < -0.39 is 0 Å². The molecule has 0 bridgehead atoms. The SMILES string of the molecule is CCCNC(=NC)NCc1csc(N(C)C)n1. The molecule has 0 aliphatic rings. The van der Waals surface area contributed by atoms with Crippen molar-refractivity contribution in [2.24, 2.45) is 4.99 Å². The molecular weight excluding hydrogens is 234 g/mol. The van der Waals surface area contributed by atoms with Crippen LogP contribution in [0.15, 0.2) is 10.4 Å². The van der Waals surface area contributed by atoms with Crippen molar-refractivity contribution in [3.8, 4) is 0 Å². The van der Waals surface area contributed by atoms with Gasteiger partial charge < -0.3 is 15.5 Å². The van der Waals surface area contributed by atoms with Gasteiger partial charge in [0.25, 0.3) is 0 Å². The summed E-state index contributed by atoms with van der Waals surface area (Å²) in [6.07, 6.45) is 1.09. The Hall–Kier alpha value is -1.30. The monoisotopic (exact) mass is 255 g/mol. The predicted molar refractivity (Wildman–Crippen MR) is 74.9 cm³/mol. The van der Waals surface area contributed by atoms with Crippen molar-refractivity contribution in [1.29, 1.82) is 0 Å². The Morgan fingerprint density at radius 3 is 2.76 bits per heavy atom. The molecule has 0 aliphatic carbocycles. The number of nitrogens with one attached hydrogen (secondary N) is 2. The number of hydrogen-bond acceptors (Lipinski definition) is 4. The maximum absolute atomic E-state index is 4.50. The van der Waals surface area contributed by atoms with Crippen LogP contribution in [0.2, 0.25) is 0 Å². The number of guanidine groups is 1. The smallest absolute Gasteiger partial charge is 0.191 e. The Balaban J connectivity index is 2.43. The summed E-state index contributed by atoms with van der Waals surface area (Å²) in [5.74, 6) is 0.825. The Morgan fingerprint density at radius 2 is 2.24 bits per heavy atom. The van der Waals surface area contributed by atoms with Gasteiger partial charge in [-0.25, -0.2) is 4.98 Å². The van der Waals surface area contributed by atoms with Gasteiger partial charge in [-0.05, 0) is 6.42 Å². The maximum Gasteiger partial charge on any atom is 0.191 e. The number of thiazole rings is 1. The van der Waals surface area contributed by atoms with Crippen molar-refractivity contribution in [1.82, 2.24) is 15.6 Å². The number of nitrogens with zero attached hydrogens (tertiary/aromatic N) is 3. The van der Waals surface area contributed by atoms with Gasteiger partial charge in [0.1, 0.15) is 0 Å². The third-order valence-electron chi connectivity index (χ3n) is 2.13. The molecule has 0 atom stereocenters. The van der Waals surface area contributed by atoms with E-state index in [4.69, 9.17) is 0 Å². The second-order valence-corrected chi connectivity index (χ2v) is 4.70. The van der Waals surface area contributed by atoms with Crippen molar-refractivity contribution < 1.29 is 0 Å². The summed E-state index contributed by atoms with van der Waals surface area (Å²) in [4.78, 5) is 10.6. The van der Waals surface area contributed by atoms with Gasteiger partial charge in [-0.3, -0.25) is 4.99 Å². The molecule has 0 aromatic carbocycles. The van der Waals surface area contributed by atoms with Gasteiger partial charge in [-0.15, -0.1) is 11.3 Å².